The van der Waals surface area contributed by atoms with Crippen molar-refractivity contribution in [3.8, 4) is 0 Å². The topological polar surface area (TPSA) is 31.3 Å². The average Bonchev–Trinajstić information content (AvgIpc) is 2.32. The summed E-state index contributed by atoms with van der Waals surface area (Å²) in [5.74, 6) is 0.926. The van der Waals surface area contributed by atoms with Crippen LogP contribution in [0.15, 0.2) is 16.0 Å². The van der Waals surface area contributed by atoms with Crippen molar-refractivity contribution in [1.29, 1.82) is 0 Å². The highest BCUT2D eigenvalue weighted by molar-refractivity contribution is 6.29. The second-order valence-electron chi connectivity index (χ2n) is 5.02. The highest BCUT2D eigenvalue weighted by Gasteiger charge is 2.30. The summed E-state index contributed by atoms with van der Waals surface area (Å²) in [5, 5.41) is 0.762. The van der Waals surface area contributed by atoms with E-state index in [0.29, 0.717) is 6.04 Å². The minimum absolute atomic E-state index is 0.633. The molecule has 0 atom stereocenters. The Balaban J connectivity index is 1.62. The maximum absolute atomic E-state index is 6.32. The Morgan fingerprint density at radius 1 is 1.28 bits per heavy atom. The zero-order chi connectivity index (χ0) is 12.5. The number of aliphatic imine (C=N–C) groups is 1. The quantitative estimate of drug-likeness (QED) is 0.679. The van der Waals surface area contributed by atoms with Crippen LogP contribution in [0.2, 0.25) is 0 Å². The van der Waals surface area contributed by atoms with Crippen molar-refractivity contribution in [2.45, 2.75) is 6.04 Å². The molecule has 0 saturated carbocycles. The lowest BCUT2D eigenvalue weighted by atomic mass is 10.2. The summed E-state index contributed by atoms with van der Waals surface area (Å²) < 4.78 is 5.25. The smallest absolute Gasteiger partial charge is 0.164 e. The Hall–Kier alpha value is -0.780. The minimum atomic E-state index is 0.633. The highest BCUT2D eigenvalue weighted by Crippen LogP contribution is 2.23. The van der Waals surface area contributed by atoms with Gasteiger partial charge in [-0.25, -0.2) is 4.99 Å². The first-order chi connectivity index (χ1) is 8.75. The molecule has 0 spiro atoms. The molecule has 0 unspecified atom stereocenters. The second-order valence-corrected chi connectivity index (χ2v) is 5.38. The van der Waals surface area contributed by atoms with E-state index in [-0.39, 0.29) is 0 Å². The Kier molecular flexibility index (Phi) is 3.46. The van der Waals surface area contributed by atoms with Crippen LogP contribution in [0.3, 0.4) is 0 Å². The van der Waals surface area contributed by atoms with E-state index in [9.17, 15) is 0 Å². The first-order valence-corrected chi connectivity index (χ1v) is 6.83. The van der Waals surface area contributed by atoms with Gasteiger partial charge in [0.05, 0.1) is 25.8 Å². The fourth-order valence-corrected chi connectivity index (χ4v) is 2.74. The molecule has 0 aromatic carbocycles. The van der Waals surface area contributed by atoms with Crippen LogP contribution >= 0.6 is 11.6 Å². The van der Waals surface area contributed by atoms with Crippen molar-refractivity contribution in [2.24, 2.45) is 4.99 Å². The van der Waals surface area contributed by atoms with Crippen LogP contribution in [0.4, 0.5) is 0 Å². The molecule has 3 aliphatic heterocycles. The SMILES string of the molecule is CN1CC=NC(N2CCN(C3COC3)CC2)=C1Cl. The largest absolute Gasteiger partial charge is 0.378 e. The van der Waals surface area contributed by atoms with Crippen LogP contribution in [-0.2, 0) is 4.74 Å². The molecule has 100 valence electrons. The number of rotatable bonds is 2. The second kappa shape index (κ2) is 5.07. The number of nitrogens with zero attached hydrogens (tertiary/aromatic N) is 4. The molecule has 5 nitrogen and oxygen atoms in total. The summed E-state index contributed by atoms with van der Waals surface area (Å²) in [6.45, 7) is 6.71. The molecule has 0 radical (unpaired) electrons. The predicted octanol–water partition coefficient (Wildman–Crippen LogP) is 0.384. The molecular formula is C12H19ClN4O. The maximum atomic E-state index is 6.32. The van der Waals surface area contributed by atoms with Crippen molar-refractivity contribution in [2.75, 3.05) is 53.0 Å². The van der Waals surface area contributed by atoms with Crippen LogP contribution in [0.1, 0.15) is 0 Å². The predicted molar refractivity (Wildman–Crippen MR) is 71.8 cm³/mol. The van der Waals surface area contributed by atoms with E-state index in [0.717, 1.165) is 56.9 Å². The number of ether oxygens (including phenoxy) is 1. The molecule has 3 rings (SSSR count). The van der Waals surface area contributed by atoms with Crippen LogP contribution in [0.25, 0.3) is 0 Å². The highest BCUT2D eigenvalue weighted by atomic mass is 35.5. The number of hydrogen-bond donors (Lipinski definition) is 0. The van der Waals surface area contributed by atoms with Crippen LogP contribution < -0.4 is 0 Å². The van der Waals surface area contributed by atoms with Crippen molar-refractivity contribution in [3.63, 3.8) is 0 Å². The fraction of sp³-hybridized carbons (Fsp3) is 0.750. The van der Waals surface area contributed by atoms with E-state index in [4.69, 9.17) is 16.3 Å². The van der Waals surface area contributed by atoms with Crippen LogP contribution in [0.5, 0.6) is 0 Å². The van der Waals surface area contributed by atoms with Gasteiger partial charge in [0.1, 0.15) is 5.16 Å². The molecule has 0 aliphatic carbocycles. The Bertz CT molecular complexity index is 372. The third-order valence-electron chi connectivity index (χ3n) is 3.84. The van der Waals surface area contributed by atoms with E-state index >= 15 is 0 Å². The standard InChI is InChI=1S/C12H19ClN4O/c1-15-3-2-14-12(11(15)13)17-6-4-16(5-7-17)10-8-18-9-10/h2,10H,3-9H2,1H3. The van der Waals surface area contributed by atoms with Gasteiger partial charge in [0.15, 0.2) is 5.82 Å². The molecule has 0 amide bonds. The van der Waals surface area contributed by atoms with Gasteiger partial charge < -0.3 is 14.5 Å². The summed E-state index contributed by atoms with van der Waals surface area (Å²) in [5.41, 5.74) is 0. The number of piperazine rings is 1. The van der Waals surface area contributed by atoms with Crippen molar-refractivity contribution in [1.82, 2.24) is 14.7 Å². The van der Waals surface area contributed by atoms with Gasteiger partial charge in [-0.1, -0.05) is 11.6 Å². The van der Waals surface area contributed by atoms with E-state index < -0.39 is 0 Å². The Labute approximate surface area is 113 Å². The molecule has 3 heterocycles. The lowest BCUT2D eigenvalue weighted by molar-refractivity contribution is -0.0748. The van der Waals surface area contributed by atoms with Gasteiger partial charge in [0.2, 0.25) is 0 Å². The molecule has 0 N–H and O–H groups in total. The Morgan fingerprint density at radius 2 is 2.00 bits per heavy atom. The third-order valence-corrected chi connectivity index (χ3v) is 4.30. The first kappa shape index (κ1) is 12.3. The van der Waals surface area contributed by atoms with E-state index in [1.807, 2.05) is 18.2 Å². The lowest BCUT2D eigenvalue weighted by Gasteiger charge is -2.43. The normalized spacial score (nSPS) is 26.8. The first-order valence-electron chi connectivity index (χ1n) is 6.46. The third kappa shape index (κ3) is 2.22. The zero-order valence-corrected chi connectivity index (χ0v) is 11.4. The number of hydrogen-bond acceptors (Lipinski definition) is 5. The van der Waals surface area contributed by atoms with E-state index in [1.54, 1.807) is 0 Å². The van der Waals surface area contributed by atoms with Gasteiger partial charge in [-0.2, -0.15) is 0 Å². The van der Waals surface area contributed by atoms with Crippen molar-refractivity contribution >= 4 is 17.8 Å². The fourth-order valence-electron chi connectivity index (χ4n) is 2.50. The molecule has 18 heavy (non-hydrogen) atoms. The van der Waals surface area contributed by atoms with Crippen molar-refractivity contribution in [3.05, 3.63) is 11.0 Å². The van der Waals surface area contributed by atoms with Gasteiger partial charge >= 0.3 is 0 Å². The molecule has 2 fully saturated rings. The van der Waals surface area contributed by atoms with Crippen molar-refractivity contribution < 1.29 is 4.74 Å². The minimum Gasteiger partial charge on any atom is -0.378 e. The van der Waals surface area contributed by atoms with Crippen LogP contribution in [0, 0.1) is 0 Å². The number of halogens is 1. The van der Waals surface area contributed by atoms with Gasteiger partial charge in [-0.3, -0.25) is 4.90 Å². The molecule has 6 heteroatoms. The summed E-state index contributed by atoms with van der Waals surface area (Å²) in [6.07, 6.45) is 1.92. The molecule has 0 aromatic heterocycles. The lowest BCUT2D eigenvalue weighted by Crippen LogP contribution is -2.56. The molecule has 0 aromatic rings. The van der Waals surface area contributed by atoms with E-state index in [1.165, 1.54) is 0 Å². The summed E-state index contributed by atoms with van der Waals surface area (Å²) in [6, 6.07) is 0.633. The van der Waals surface area contributed by atoms with E-state index in [2.05, 4.69) is 14.8 Å². The van der Waals surface area contributed by atoms with Gasteiger partial charge in [0.25, 0.3) is 0 Å². The average molecular weight is 271 g/mol. The van der Waals surface area contributed by atoms with Gasteiger partial charge in [0, 0.05) is 39.4 Å². The van der Waals surface area contributed by atoms with Gasteiger partial charge in [-0.05, 0) is 0 Å². The summed E-state index contributed by atoms with van der Waals surface area (Å²) in [4.78, 5) is 11.3. The zero-order valence-electron chi connectivity index (χ0n) is 10.7. The molecule has 0 bridgehead atoms. The monoisotopic (exact) mass is 270 g/mol. The molecule has 2 saturated heterocycles. The van der Waals surface area contributed by atoms with Gasteiger partial charge in [-0.15, -0.1) is 0 Å². The maximum Gasteiger partial charge on any atom is 0.164 e. The molecule has 3 aliphatic rings. The molecular weight excluding hydrogens is 252 g/mol. The Morgan fingerprint density at radius 3 is 2.61 bits per heavy atom. The van der Waals surface area contributed by atoms with Crippen LogP contribution in [-0.4, -0.2) is 79.9 Å². The summed E-state index contributed by atoms with van der Waals surface area (Å²) in [7, 11) is 2.00. The summed E-state index contributed by atoms with van der Waals surface area (Å²) >= 11 is 6.32.